The fourth-order valence-corrected chi connectivity index (χ4v) is 9.02. The number of hydrogen-bond donors (Lipinski definition) is 0. The molecule has 3 unspecified atom stereocenters. The number of rotatable bonds is 3. The Bertz CT molecular complexity index is 712. The van der Waals surface area contributed by atoms with Crippen LogP contribution in [0.15, 0.2) is 12.4 Å². The SMILES string of the molecule is Cc1cnc(C[C@@H](C)C2CCC3[C@@H]4CC[C@@H]5C[C@@H](C)CC[C@@H]5C4CC[C@@]32C)nc1. The van der Waals surface area contributed by atoms with Gasteiger partial charge in [-0.3, -0.25) is 0 Å². The summed E-state index contributed by atoms with van der Waals surface area (Å²) in [5, 5.41) is 0. The van der Waals surface area contributed by atoms with Crippen molar-refractivity contribution in [3.8, 4) is 0 Å². The molecule has 0 saturated heterocycles. The highest BCUT2D eigenvalue weighted by molar-refractivity contribution is 5.08. The van der Waals surface area contributed by atoms with Crippen LogP contribution in [0.4, 0.5) is 0 Å². The minimum atomic E-state index is 0.570. The average Bonchev–Trinajstić information content (AvgIpc) is 3.06. The van der Waals surface area contributed by atoms with Crippen molar-refractivity contribution in [1.82, 2.24) is 9.97 Å². The minimum absolute atomic E-state index is 0.570. The van der Waals surface area contributed by atoms with Gasteiger partial charge in [0.25, 0.3) is 0 Å². The second-order valence-corrected chi connectivity index (χ2v) is 11.9. The quantitative estimate of drug-likeness (QED) is 0.559. The molecule has 9 atom stereocenters. The lowest BCUT2D eigenvalue weighted by molar-refractivity contribution is -0.0728. The first-order chi connectivity index (χ1) is 14.0. The zero-order valence-electron chi connectivity index (χ0n) is 19.2. The van der Waals surface area contributed by atoms with Crippen molar-refractivity contribution < 1.29 is 0 Å². The lowest BCUT2D eigenvalue weighted by Crippen LogP contribution is -2.49. The molecule has 1 aromatic rings. The van der Waals surface area contributed by atoms with Crippen LogP contribution < -0.4 is 0 Å². The van der Waals surface area contributed by atoms with E-state index in [0.717, 1.165) is 53.7 Å². The van der Waals surface area contributed by atoms with Gasteiger partial charge in [-0.2, -0.15) is 0 Å². The molecule has 0 amide bonds. The first-order valence-corrected chi connectivity index (χ1v) is 12.7. The van der Waals surface area contributed by atoms with Crippen LogP contribution >= 0.6 is 0 Å². The summed E-state index contributed by atoms with van der Waals surface area (Å²) in [6.07, 6.45) is 18.7. The highest BCUT2D eigenvalue weighted by Crippen LogP contribution is 2.65. The van der Waals surface area contributed by atoms with E-state index in [9.17, 15) is 0 Å². The van der Waals surface area contributed by atoms with Crippen LogP contribution in [0.2, 0.25) is 0 Å². The Hall–Kier alpha value is -0.920. The molecule has 160 valence electrons. The Morgan fingerprint density at radius 3 is 2.52 bits per heavy atom. The molecule has 0 aliphatic heterocycles. The lowest BCUT2D eigenvalue weighted by atomic mass is 9.48. The Kier molecular flexibility index (Phi) is 5.28. The van der Waals surface area contributed by atoms with Crippen LogP contribution in [-0.2, 0) is 6.42 Å². The van der Waals surface area contributed by atoms with E-state index in [4.69, 9.17) is 0 Å². The van der Waals surface area contributed by atoms with Gasteiger partial charge in [-0.05, 0) is 117 Å². The topological polar surface area (TPSA) is 25.8 Å². The summed E-state index contributed by atoms with van der Waals surface area (Å²) < 4.78 is 0. The monoisotopic (exact) mass is 394 g/mol. The molecule has 4 saturated carbocycles. The van der Waals surface area contributed by atoms with Crippen molar-refractivity contribution in [2.45, 2.75) is 91.9 Å². The van der Waals surface area contributed by atoms with Gasteiger partial charge in [-0.15, -0.1) is 0 Å². The van der Waals surface area contributed by atoms with Crippen LogP contribution in [0.25, 0.3) is 0 Å². The number of fused-ring (bicyclic) bond motifs is 5. The summed E-state index contributed by atoms with van der Waals surface area (Å²) in [6.45, 7) is 9.76. The summed E-state index contributed by atoms with van der Waals surface area (Å²) >= 11 is 0. The molecule has 5 rings (SSSR count). The van der Waals surface area contributed by atoms with Gasteiger partial charge >= 0.3 is 0 Å². The Balaban J connectivity index is 1.30. The molecule has 0 spiro atoms. The molecule has 1 aromatic heterocycles. The molecule has 1 heterocycles. The maximum atomic E-state index is 4.62. The third-order valence-electron chi connectivity index (χ3n) is 10.3. The molecule has 2 heteroatoms. The summed E-state index contributed by atoms with van der Waals surface area (Å²) in [7, 11) is 0. The molecule has 4 fully saturated rings. The van der Waals surface area contributed by atoms with E-state index < -0.39 is 0 Å². The van der Waals surface area contributed by atoms with Crippen molar-refractivity contribution in [3.63, 3.8) is 0 Å². The van der Waals surface area contributed by atoms with Crippen LogP contribution in [0.5, 0.6) is 0 Å². The Morgan fingerprint density at radius 2 is 1.72 bits per heavy atom. The van der Waals surface area contributed by atoms with Gasteiger partial charge in [0, 0.05) is 18.8 Å². The van der Waals surface area contributed by atoms with Crippen molar-refractivity contribution in [2.75, 3.05) is 0 Å². The number of hydrogen-bond acceptors (Lipinski definition) is 2. The summed E-state index contributed by atoms with van der Waals surface area (Å²) in [5.74, 6) is 8.85. The molecule has 29 heavy (non-hydrogen) atoms. The molecular weight excluding hydrogens is 352 g/mol. The van der Waals surface area contributed by atoms with Crippen molar-refractivity contribution in [1.29, 1.82) is 0 Å². The highest BCUT2D eigenvalue weighted by atomic mass is 14.9. The highest BCUT2D eigenvalue weighted by Gasteiger charge is 2.57. The molecule has 4 aliphatic carbocycles. The number of aromatic nitrogens is 2. The minimum Gasteiger partial charge on any atom is -0.241 e. The third-order valence-corrected chi connectivity index (χ3v) is 10.3. The van der Waals surface area contributed by atoms with Gasteiger partial charge in [0.1, 0.15) is 5.82 Å². The summed E-state index contributed by atoms with van der Waals surface area (Å²) in [6, 6.07) is 0. The molecule has 2 nitrogen and oxygen atoms in total. The van der Waals surface area contributed by atoms with Crippen LogP contribution in [-0.4, -0.2) is 9.97 Å². The standard InChI is InChI=1S/C27H42N2/c1-17-5-7-21-20(13-17)6-8-23-22(21)11-12-27(4)24(9-10-25(23)27)19(3)14-26-28-15-18(2)16-29-26/h15-17,19-25H,5-14H2,1-4H3/t17-,19+,20+,21-,22?,23+,24?,25?,27+/m0/s1. The van der Waals surface area contributed by atoms with Crippen molar-refractivity contribution >= 4 is 0 Å². The van der Waals surface area contributed by atoms with E-state index >= 15 is 0 Å². The molecule has 0 N–H and O–H groups in total. The van der Waals surface area contributed by atoms with Crippen molar-refractivity contribution in [3.05, 3.63) is 23.8 Å². The molecule has 0 bridgehead atoms. The lowest BCUT2D eigenvalue weighted by Gasteiger charge is -2.56. The zero-order valence-corrected chi connectivity index (χ0v) is 19.2. The first-order valence-electron chi connectivity index (χ1n) is 12.7. The van der Waals surface area contributed by atoms with E-state index in [2.05, 4.69) is 37.7 Å². The maximum Gasteiger partial charge on any atom is 0.128 e. The molecular formula is C27H42N2. The first kappa shape index (κ1) is 20.0. The normalized spacial score (nSPS) is 45.2. The predicted octanol–water partition coefficient (Wildman–Crippen LogP) is 6.87. The van der Waals surface area contributed by atoms with E-state index in [1.165, 1.54) is 44.1 Å². The van der Waals surface area contributed by atoms with Gasteiger partial charge < -0.3 is 0 Å². The van der Waals surface area contributed by atoms with E-state index in [1.54, 1.807) is 19.3 Å². The van der Waals surface area contributed by atoms with E-state index in [0.29, 0.717) is 11.3 Å². The van der Waals surface area contributed by atoms with Gasteiger partial charge in [0.15, 0.2) is 0 Å². The maximum absolute atomic E-state index is 4.62. The fraction of sp³-hybridized carbons (Fsp3) is 0.852. The van der Waals surface area contributed by atoms with Crippen LogP contribution in [0, 0.1) is 59.7 Å². The molecule has 4 aliphatic rings. The van der Waals surface area contributed by atoms with Crippen molar-refractivity contribution in [2.24, 2.45) is 52.8 Å². The van der Waals surface area contributed by atoms with Gasteiger partial charge in [-0.25, -0.2) is 9.97 Å². The second kappa shape index (κ2) is 7.65. The Morgan fingerprint density at radius 1 is 0.966 bits per heavy atom. The third kappa shape index (κ3) is 3.47. The Labute approximate surface area is 178 Å². The second-order valence-electron chi connectivity index (χ2n) is 11.9. The number of aryl methyl sites for hydroxylation is 1. The van der Waals surface area contributed by atoms with Gasteiger partial charge in [0.2, 0.25) is 0 Å². The van der Waals surface area contributed by atoms with E-state index in [1.807, 2.05) is 12.4 Å². The van der Waals surface area contributed by atoms with E-state index in [-0.39, 0.29) is 0 Å². The largest absolute Gasteiger partial charge is 0.241 e. The summed E-state index contributed by atoms with van der Waals surface area (Å²) in [5.41, 5.74) is 1.74. The van der Waals surface area contributed by atoms with Crippen LogP contribution in [0.3, 0.4) is 0 Å². The van der Waals surface area contributed by atoms with Crippen LogP contribution in [0.1, 0.15) is 89.9 Å². The predicted molar refractivity (Wildman–Crippen MR) is 119 cm³/mol. The average molecular weight is 395 g/mol. The summed E-state index contributed by atoms with van der Waals surface area (Å²) in [4.78, 5) is 9.24. The van der Waals surface area contributed by atoms with Gasteiger partial charge in [-0.1, -0.05) is 27.2 Å². The number of nitrogens with zero attached hydrogens (tertiary/aromatic N) is 2. The fourth-order valence-electron chi connectivity index (χ4n) is 9.02. The van der Waals surface area contributed by atoms with Gasteiger partial charge in [0.05, 0.1) is 0 Å². The zero-order chi connectivity index (χ0) is 20.2. The molecule has 0 aromatic carbocycles. The smallest absolute Gasteiger partial charge is 0.128 e. The molecule has 0 radical (unpaired) electrons.